The van der Waals surface area contributed by atoms with Gasteiger partial charge in [-0.3, -0.25) is 5.84 Å². The Morgan fingerprint density at radius 3 is 2.80 bits per heavy atom. The van der Waals surface area contributed by atoms with Crippen LogP contribution < -0.4 is 11.6 Å². The fourth-order valence-corrected chi connectivity index (χ4v) is 1.28. The Balaban J connectivity index is 2.36. The molecule has 4 nitrogen and oxygen atoms in total. The molecule has 0 aromatic rings. The molecule has 4 N–H and O–H groups in total. The topological polar surface area (TPSA) is 64.5 Å². The zero-order chi connectivity index (χ0) is 7.56. The largest absolute Gasteiger partial charge is 0.380 e. The summed E-state index contributed by atoms with van der Waals surface area (Å²) in [5.74, 6) is 5.54. The summed E-state index contributed by atoms with van der Waals surface area (Å²) in [5.41, 5.74) is 5.73. The number of rotatable bonds is 1. The highest BCUT2D eigenvalue weighted by Crippen LogP contribution is 2.08. The van der Waals surface area contributed by atoms with E-state index in [1.54, 1.807) is 12.1 Å². The molecular weight excluding hydrogens is 130 g/mol. The summed E-state index contributed by atoms with van der Waals surface area (Å²) in [6.07, 6.45) is 1.13. The molecule has 10 heavy (non-hydrogen) atoms. The van der Waals surface area contributed by atoms with E-state index in [-0.39, 0.29) is 12.1 Å². The number of piperidine rings is 1. The van der Waals surface area contributed by atoms with E-state index in [0.29, 0.717) is 0 Å². The Kier molecular flexibility index (Phi) is 2.62. The van der Waals surface area contributed by atoms with Gasteiger partial charge < -0.3 is 10.5 Å². The third-order valence-electron chi connectivity index (χ3n) is 1.93. The molecule has 1 saturated heterocycles. The van der Waals surface area contributed by atoms with Crippen LogP contribution in [-0.2, 0) is 4.74 Å². The second-order valence-corrected chi connectivity index (χ2v) is 2.72. The highest BCUT2D eigenvalue weighted by Gasteiger charge is 2.24. The first kappa shape index (κ1) is 7.94. The van der Waals surface area contributed by atoms with E-state index in [1.165, 1.54) is 0 Å². The number of hydrogen-bond acceptors (Lipinski definition) is 4. The molecule has 60 valence electrons. The molecule has 1 heterocycles. The highest BCUT2D eigenvalue weighted by atomic mass is 16.5. The third-order valence-corrected chi connectivity index (χ3v) is 1.93. The van der Waals surface area contributed by atoms with Crippen molar-refractivity contribution in [2.75, 3.05) is 20.2 Å². The summed E-state index contributed by atoms with van der Waals surface area (Å²) in [5, 5.41) is 1.74. The van der Waals surface area contributed by atoms with Crippen LogP contribution in [0.3, 0.4) is 0 Å². The summed E-state index contributed by atoms with van der Waals surface area (Å²) >= 11 is 0. The standard InChI is InChI=1S/C6H15N3O/c1-10-6-2-3-9(8)4-5(6)7/h5-6H,2-4,7-8H2,1H3. The number of ether oxygens (including phenoxy) is 1. The van der Waals surface area contributed by atoms with E-state index in [0.717, 1.165) is 19.5 Å². The minimum Gasteiger partial charge on any atom is -0.380 e. The van der Waals surface area contributed by atoms with Gasteiger partial charge in [0.15, 0.2) is 0 Å². The van der Waals surface area contributed by atoms with E-state index in [4.69, 9.17) is 16.3 Å². The molecule has 0 amide bonds. The van der Waals surface area contributed by atoms with Crippen LogP contribution in [-0.4, -0.2) is 37.4 Å². The molecule has 1 fully saturated rings. The van der Waals surface area contributed by atoms with Crippen LogP contribution in [0.5, 0.6) is 0 Å². The summed E-state index contributed by atoms with van der Waals surface area (Å²) in [4.78, 5) is 0. The Bertz CT molecular complexity index is 109. The predicted molar refractivity (Wildman–Crippen MR) is 39.1 cm³/mol. The molecule has 2 atom stereocenters. The van der Waals surface area contributed by atoms with Crippen LogP contribution in [0.25, 0.3) is 0 Å². The van der Waals surface area contributed by atoms with E-state index >= 15 is 0 Å². The predicted octanol–water partition coefficient (Wildman–Crippen LogP) is -1.09. The Morgan fingerprint density at radius 2 is 2.30 bits per heavy atom. The van der Waals surface area contributed by atoms with E-state index in [9.17, 15) is 0 Å². The van der Waals surface area contributed by atoms with E-state index < -0.39 is 0 Å². The van der Waals surface area contributed by atoms with Gasteiger partial charge in [0, 0.05) is 26.2 Å². The van der Waals surface area contributed by atoms with Crippen molar-refractivity contribution in [3.8, 4) is 0 Å². The lowest BCUT2D eigenvalue weighted by Crippen LogP contribution is -2.54. The molecule has 0 radical (unpaired) electrons. The summed E-state index contributed by atoms with van der Waals surface area (Å²) in [6.45, 7) is 1.62. The van der Waals surface area contributed by atoms with Crippen LogP contribution in [0.2, 0.25) is 0 Å². The molecule has 0 spiro atoms. The Labute approximate surface area is 61.1 Å². The third kappa shape index (κ3) is 1.67. The first-order valence-electron chi connectivity index (χ1n) is 3.52. The van der Waals surface area contributed by atoms with Crippen molar-refractivity contribution in [3.05, 3.63) is 0 Å². The fourth-order valence-electron chi connectivity index (χ4n) is 1.28. The minimum absolute atomic E-state index is 0.0729. The van der Waals surface area contributed by atoms with Crippen LogP contribution in [0.4, 0.5) is 0 Å². The number of hydrazine groups is 1. The molecule has 1 rings (SSSR count). The lowest BCUT2D eigenvalue weighted by molar-refractivity contribution is 0.0244. The maximum Gasteiger partial charge on any atom is 0.0747 e. The van der Waals surface area contributed by atoms with Gasteiger partial charge in [0.1, 0.15) is 0 Å². The van der Waals surface area contributed by atoms with Crippen molar-refractivity contribution >= 4 is 0 Å². The molecule has 1 aliphatic rings. The fraction of sp³-hybridized carbons (Fsp3) is 1.00. The van der Waals surface area contributed by atoms with Crippen molar-refractivity contribution in [2.45, 2.75) is 18.6 Å². The number of nitrogens with zero attached hydrogens (tertiary/aromatic N) is 1. The van der Waals surface area contributed by atoms with Crippen molar-refractivity contribution in [1.29, 1.82) is 0 Å². The van der Waals surface area contributed by atoms with Gasteiger partial charge in [-0.1, -0.05) is 0 Å². The second-order valence-electron chi connectivity index (χ2n) is 2.72. The van der Waals surface area contributed by atoms with Crippen molar-refractivity contribution in [1.82, 2.24) is 5.01 Å². The van der Waals surface area contributed by atoms with Crippen LogP contribution in [0.15, 0.2) is 0 Å². The lowest BCUT2D eigenvalue weighted by Gasteiger charge is -2.32. The van der Waals surface area contributed by atoms with Crippen molar-refractivity contribution in [3.63, 3.8) is 0 Å². The average molecular weight is 145 g/mol. The van der Waals surface area contributed by atoms with E-state index in [1.807, 2.05) is 0 Å². The Hall–Kier alpha value is -0.160. The first-order chi connectivity index (χ1) is 4.74. The van der Waals surface area contributed by atoms with Crippen molar-refractivity contribution < 1.29 is 4.74 Å². The van der Waals surface area contributed by atoms with Crippen LogP contribution >= 0.6 is 0 Å². The maximum absolute atomic E-state index is 5.73. The molecular formula is C6H15N3O. The number of methoxy groups -OCH3 is 1. The van der Waals surface area contributed by atoms with Gasteiger partial charge in [0.2, 0.25) is 0 Å². The maximum atomic E-state index is 5.73. The quantitative estimate of drug-likeness (QED) is 0.460. The van der Waals surface area contributed by atoms with Gasteiger partial charge in [-0.05, 0) is 6.42 Å². The molecule has 1 aliphatic heterocycles. The van der Waals surface area contributed by atoms with Gasteiger partial charge in [0.05, 0.1) is 6.10 Å². The molecule has 0 aromatic carbocycles. The summed E-state index contributed by atoms with van der Waals surface area (Å²) in [6, 6.07) is 0.0729. The molecule has 2 unspecified atom stereocenters. The Morgan fingerprint density at radius 1 is 1.60 bits per heavy atom. The van der Waals surface area contributed by atoms with Crippen LogP contribution in [0.1, 0.15) is 6.42 Å². The zero-order valence-corrected chi connectivity index (χ0v) is 6.29. The molecule has 0 aliphatic carbocycles. The SMILES string of the molecule is COC1CCN(N)CC1N. The minimum atomic E-state index is 0.0729. The van der Waals surface area contributed by atoms with Gasteiger partial charge >= 0.3 is 0 Å². The van der Waals surface area contributed by atoms with Gasteiger partial charge in [0.25, 0.3) is 0 Å². The van der Waals surface area contributed by atoms with Gasteiger partial charge in [-0.25, -0.2) is 5.01 Å². The first-order valence-corrected chi connectivity index (χ1v) is 3.52. The summed E-state index contributed by atoms with van der Waals surface area (Å²) in [7, 11) is 1.69. The normalized spacial score (nSPS) is 36.3. The monoisotopic (exact) mass is 145 g/mol. The number of nitrogens with two attached hydrogens (primary N) is 2. The van der Waals surface area contributed by atoms with Crippen molar-refractivity contribution in [2.24, 2.45) is 11.6 Å². The molecule has 0 bridgehead atoms. The lowest BCUT2D eigenvalue weighted by atomic mass is 10.0. The molecule has 4 heteroatoms. The van der Waals surface area contributed by atoms with Gasteiger partial charge in [-0.15, -0.1) is 0 Å². The second kappa shape index (κ2) is 3.30. The molecule has 0 saturated carbocycles. The average Bonchev–Trinajstić information content (AvgIpc) is 1.88. The smallest absolute Gasteiger partial charge is 0.0747 e. The van der Waals surface area contributed by atoms with Gasteiger partial charge in [-0.2, -0.15) is 0 Å². The van der Waals surface area contributed by atoms with Crippen LogP contribution in [0, 0.1) is 0 Å². The zero-order valence-electron chi connectivity index (χ0n) is 6.29. The molecule has 0 aromatic heterocycles. The summed E-state index contributed by atoms with van der Waals surface area (Å²) < 4.78 is 5.14. The highest BCUT2D eigenvalue weighted by molar-refractivity contribution is 4.81. The number of hydrogen-bond donors (Lipinski definition) is 2. The van der Waals surface area contributed by atoms with E-state index in [2.05, 4.69) is 0 Å².